The van der Waals surface area contributed by atoms with Gasteiger partial charge in [0, 0.05) is 17.6 Å². The number of guanidine groups is 1. The zero-order valence-electron chi connectivity index (χ0n) is 11.6. The van der Waals surface area contributed by atoms with Crippen LogP contribution in [0.2, 0.25) is 0 Å². The second-order valence-electron chi connectivity index (χ2n) is 4.59. The zero-order valence-corrected chi connectivity index (χ0v) is 13.2. The molecule has 0 saturated heterocycles. The molecule has 1 aliphatic rings. The van der Waals surface area contributed by atoms with Gasteiger partial charge >= 0.3 is 0 Å². The van der Waals surface area contributed by atoms with Crippen molar-refractivity contribution in [3.8, 4) is 5.75 Å². The van der Waals surface area contributed by atoms with Crippen molar-refractivity contribution < 1.29 is 4.74 Å². The van der Waals surface area contributed by atoms with Crippen LogP contribution >= 0.6 is 15.9 Å². The minimum Gasteiger partial charge on any atom is -0.492 e. The number of nitrogens with one attached hydrogen (secondary N) is 2. The number of nitrogens with zero attached hydrogens (tertiary/aromatic N) is 1. The van der Waals surface area contributed by atoms with E-state index in [1.807, 2.05) is 24.3 Å². The summed E-state index contributed by atoms with van der Waals surface area (Å²) in [7, 11) is 1.79. The molecule has 0 bridgehead atoms. The van der Waals surface area contributed by atoms with Crippen molar-refractivity contribution in [3.05, 3.63) is 40.9 Å². The molecule has 0 fully saturated rings. The molecular formula is C15H20BrN3O. The monoisotopic (exact) mass is 337 g/mol. The second-order valence-corrected chi connectivity index (χ2v) is 5.50. The molecule has 2 rings (SSSR count). The largest absolute Gasteiger partial charge is 0.492 e. The van der Waals surface area contributed by atoms with Gasteiger partial charge in [0.1, 0.15) is 12.4 Å². The highest BCUT2D eigenvalue weighted by Crippen LogP contribution is 2.15. The summed E-state index contributed by atoms with van der Waals surface area (Å²) in [4.78, 5) is 4.21. The third-order valence-corrected chi connectivity index (χ3v) is 3.58. The Kier molecular flexibility index (Phi) is 5.92. The lowest BCUT2D eigenvalue weighted by Crippen LogP contribution is -2.43. The molecule has 0 saturated carbocycles. The predicted octanol–water partition coefficient (Wildman–Crippen LogP) is 2.71. The Morgan fingerprint density at radius 3 is 2.65 bits per heavy atom. The van der Waals surface area contributed by atoms with E-state index in [1.165, 1.54) is 0 Å². The molecule has 0 radical (unpaired) electrons. The van der Waals surface area contributed by atoms with Crippen LogP contribution in [0.3, 0.4) is 0 Å². The summed E-state index contributed by atoms with van der Waals surface area (Å²) in [6.45, 7) is 1.32. The fraction of sp³-hybridized carbons (Fsp3) is 0.400. The topological polar surface area (TPSA) is 45.7 Å². The van der Waals surface area contributed by atoms with E-state index >= 15 is 0 Å². The van der Waals surface area contributed by atoms with Crippen LogP contribution in [0.25, 0.3) is 0 Å². The van der Waals surface area contributed by atoms with Crippen LogP contribution in [0.5, 0.6) is 5.75 Å². The first-order chi connectivity index (χ1) is 9.78. The molecule has 0 unspecified atom stereocenters. The van der Waals surface area contributed by atoms with E-state index in [1.54, 1.807) is 7.05 Å². The number of hydrogen-bond acceptors (Lipinski definition) is 2. The molecule has 0 amide bonds. The number of rotatable bonds is 5. The van der Waals surface area contributed by atoms with Crippen LogP contribution < -0.4 is 15.4 Å². The molecule has 5 heteroatoms. The van der Waals surface area contributed by atoms with Gasteiger partial charge in [-0.15, -0.1) is 0 Å². The van der Waals surface area contributed by atoms with Gasteiger partial charge in [-0.2, -0.15) is 0 Å². The van der Waals surface area contributed by atoms with Crippen molar-refractivity contribution in [1.82, 2.24) is 10.6 Å². The molecule has 2 N–H and O–H groups in total. The molecule has 1 aliphatic carbocycles. The average molecular weight is 338 g/mol. The number of benzene rings is 1. The summed E-state index contributed by atoms with van der Waals surface area (Å²) >= 11 is 3.40. The molecule has 0 aromatic heterocycles. The smallest absolute Gasteiger partial charge is 0.191 e. The Labute approximate surface area is 128 Å². The maximum atomic E-state index is 5.65. The normalized spacial score (nSPS) is 15.4. The first kappa shape index (κ1) is 14.9. The zero-order chi connectivity index (χ0) is 14.2. The Hall–Kier alpha value is -1.49. The Morgan fingerprint density at radius 2 is 2.00 bits per heavy atom. The van der Waals surface area contributed by atoms with Crippen molar-refractivity contribution in [2.75, 3.05) is 20.2 Å². The van der Waals surface area contributed by atoms with Crippen LogP contribution in [0.15, 0.2) is 45.9 Å². The van der Waals surface area contributed by atoms with E-state index in [0.29, 0.717) is 12.6 Å². The lowest BCUT2D eigenvalue weighted by molar-refractivity contribution is 0.321. The first-order valence-corrected chi connectivity index (χ1v) is 7.58. The van der Waals surface area contributed by atoms with Crippen LogP contribution in [-0.2, 0) is 0 Å². The van der Waals surface area contributed by atoms with Gasteiger partial charge in [0.15, 0.2) is 5.96 Å². The molecule has 0 atom stereocenters. The molecule has 20 heavy (non-hydrogen) atoms. The van der Waals surface area contributed by atoms with Gasteiger partial charge in [0.2, 0.25) is 0 Å². The van der Waals surface area contributed by atoms with E-state index in [0.717, 1.165) is 35.6 Å². The molecule has 4 nitrogen and oxygen atoms in total. The van der Waals surface area contributed by atoms with Crippen molar-refractivity contribution in [1.29, 1.82) is 0 Å². The Morgan fingerprint density at radius 1 is 1.30 bits per heavy atom. The van der Waals surface area contributed by atoms with E-state index in [-0.39, 0.29) is 0 Å². The summed E-state index contributed by atoms with van der Waals surface area (Å²) in [6.07, 6.45) is 6.52. The standard InChI is InChI=1S/C15H20BrN3O/c1-17-15(19-13-4-2-3-5-13)18-10-11-20-14-8-6-12(16)7-9-14/h2-3,6-9,13H,4-5,10-11H2,1H3,(H2,17,18,19). The van der Waals surface area contributed by atoms with Crippen molar-refractivity contribution in [2.24, 2.45) is 4.99 Å². The molecule has 0 aliphatic heterocycles. The van der Waals surface area contributed by atoms with Crippen molar-refractivity contribution in [2.45, 2.75) is 18.9 Å². The van der Waals surface area contributed by atoms with Crippen LogP contribution in [0.1, 0.15) is 12.8 Å². The van der Waals surface area contributed by atoms with E-state index in [9.17, 15) is 0 Å². The van der Waals surface area contributed by atoms with Crippen molar-refractivity contribution in [3.63, 3.8) is 0 Å². The summed E-state index contributed by atoms with van der Waals surface area (Å²) in [6, 6.07) is 8.30. The van der Waals surface area contributed by atoms with Crippen LogP contribution in [0, 0.1) is 0 Å². The SMILES string of the molecule is CN=C(NCCOc1ccc(Br)cc1)NC1CC=CC1. The molecule has 0 spiro atoms. The number of hydrogen-bond donors (Lipinski definition) is 2. The molecule has 108 valence electrons. The summed E-state index contributed by atoms with van der Waals surface area (Å²) in [5.74, 6) is 1.70. The van der Waals surface area contributed by atoms with E-state index in [4.69, 9.17) is 4.74 Å². The number of halogens is 1. The third kappa shape index (κ3) is 4.89. The molecular weight excluding hydrogens is 318 g/mol. The van der Waals surface area contributed by atoms with Gasteiger partial charge in [-0.1, -0.05) is 28.1 Å². The summed E-state index contributed by atoms with van der Waals surface area (Å²) in [5, 5.41) is 6.64. The van der Waals surface area contributed by atoms with Gasteiger partial charge in [-0.3, -0.25) is 4.99 Å². The van der Waals surface area contributed by atoms with Crippen LogP contribution in [-0.4, -0.2) is 32.2 Å². The quantitative estimate of drug-likeness (QED) is 0.376. The Balaban J connectivity index is 1.65. The minimum absolute atomic E-state index is 0.466. The van der Waals surface area contributed by atoms with Gasteiger partial charge in [-0.25, -0.2) is 0 Å². The Bertz CT molecular complexity index is 463. The van der Waals surface area contributed by atoms with Crippen molar-refractivity contribution >= 4 is 21.9 Å². The third-order valence-electron chi connectivity index (χ3n) is 3.05. The minimum atomic E-state index is 0.466. The summed E-state index contributed by atoms with van der Waals surface area (Å²) < 4.78 is 6.70. The molecule has 0 heterocycles. The molecule has 1 aromatic carbocycles. The fourth-order valence-corrected chi connectivity index (χ4v) is 2.26. The highest BCUT2D eigenvalue weighted by Gasteiger charge is 2.11. The number of ether oxygens (including phenoxy) is 1. The lowest BCUT2D eigenvalue weighted by Gasteiger charge is -2.17. The average Bonchev–Trinajstić information content (AvgIpc) is 2.97. The number of aliphatic imine (C=N–C) groups is 1. The molecule has 1 aromatic rings. The lowest BCUT2D eigenvalue weighted by atomic mass is 10.2. The highest BCUT2D eigenvalue weighted by molar-refractivity contribution is 9.10. The van der Waals surface area contributed by atoms with E-state index in [2.05, 4.69) is 43.7 Å². The van der Waals surface area contributed by atoms with E-state index < -0.39 is 0 Å². The predicted molar refractivity (Wildman–Crippen MR) is 86.3 cm³/mol. The highest BCUT2D eigenvalue weighted by atomic mass is 79.9. The fourth-order valence-electron chi connectivity index (χ4n) is 1.99. The van der Waals surface area contributed by atoms with Gasteiger partial charge in [0.25, 0.3) is 0 Å². The van der Waals surface area contributed by atoms with Gasteiger partial charge in [0.05, 0.1) is 6.54 Å². The van der Waals surface area contributed by atoms with Gasteiger partial charge < -0.3 is 15.4 Å². The maximum absolute atomic E-state index is 5.65. The second kappa shape index (κ2) is 7.94. The first-order valence-electron chi connectivity index (χ1n) is 6.78. The van der Waals surface area contributed by atoms with Gasteiger partial charge in [-0.05, 0) is 37.1 Å². The summed E-state index contributed by atoms with van der Waals surface area (Å²) in [5.41, 5.74) is 0. The van der Waals surface area contributed by atoms with Crippen LogP contribution in [0.4, 0.5) is 0 Å². The maximum Gasteiger partial charge on any atom is 0.191 e.